The van der Waals surface area contributed by atoms with Crippen molar-refractivity contribution in [2.24, 2.45) is 0 Å². The third-order valence-electron chi connectivity index (χ3n) is 2.99. The van der Waals surface area contributed by atoms with E-state index in [4.69, 9.17) is 0 Å². The predicted molar refractivity (Wildman–Crippen MR) is 89.7 cm³/mol. The van der Waals surface area contributed by atoms with Gasteiger partial charge in [-0.15, -0.1) is 0 Å². The molecule has 0 saturated carbocycles. The highest BCUT2D eigenvalue weighted by Gasteiger charge is 2.15. The fourth-order valence-electron chi connectivity index (χ4n) is 2.05. The second-order valence-corrected chi connectivity index (χ2v) is 6.77. The highest BCUT2D eigenvalue weighted by atomic mass is 32.2. The third-order valence-corrected chi connectivity index (χ3v) is 3.58. The zero-order chi connectivity index (χ0) is 16.9. The van der Waals surface area contributed by atoms with Crippen molar-refractivity contribution in [3.8, 4) is 0 Å². The first-order chi connectivity index (χ1) is 10.8. The molecule has 1 atom stereocenters. The maximum absolute atomic E-state index is 12.0. The lowest BCUT2D eigenvalue weighted by Crippen LogP contribution is -2.31. The van der Waals surface area contributed by atoms with Gasteiger partial charge in [0.25, 0.3) is 0 Å². The summed E-state index contributed by atoms with van der Waals surface area (Å²) in [5.74, 6) is 0. The number of para-hydroxylation sites is 1. The molecule has 3 N–H and O–H groups in total. The zero-order valence-electron chi connectivity index (χ0n) is 12.8. The lowest BCUT2D eigenvalue weighted by atomic mass is 10.1. The molecule has 0 saturated heterocycles. The number of anilines is 2. The molecule has 0 aliphatic carbocycles. The molecule has 2 aromatic rings. The molecule has 0 aliphatic rings. The summed E-state index contributed by atoms with van der Waals surface area (Å²) in [4.78, 5) is 15.9. The van der Waals surface area contributed by atoms with Crippen molar-refractivity contribution in [1.82, 2.24) is 10.3 Å². The SMILES string of the molecule is C[C@H](NC(=O)Nc1cccnc1)c1ccccc1NS(C)(=O)=O. The highest BCUT2D eigenvalue weighted by Crippen LogP contribution is 2.23. The maximum Gasteiger partial charge on any atom is 0.319 e. The van der Waals surface area contributed by atoms with Crippen molar-refractivity contribution in [2.45, 2.75) is 13.0 Å². The molecule has 7 nitrogen and oxygen atoms in total. The van der Waals surface area contributed by atoms with Crippen LogP contribution in [0.15, 0.2) is 48.8 Å². The number of rotatable bonds is 5. The van der Waals surface area contributed by atoms with Crippen molar-refractivity contribution in [1.29, 1.82) is 0 Å². The van der Waals surface area contributed by atoms with E-state index in [9.17, 15) is 13.2 Å². The average molecular weight is 334 g/mol. The van der Waals surface area contributed by atoms with Crippen molar-refractivity contribution in [3.05, 3.63) is 54.4 Å². The Morgan fingerprint density at radius 3 is 2.57 bits per heavy atom. The summed E-state index contributed by atoms with van der Waals surface area (Å²) >= 11 is 0. The number of sulfonamides is 1. The monoisotopic (exact) mass is 334 g/mol. The first kappa shape index (κ1) is 16.8. The summed E-state index contributed by atoms with van der Waals surface area (Å²) in [6.45, 7) is 1.77. The molecule has 2 rings (SSSR count). The van der Waals surface area contributed by atoms with Gasteiger partial charge >= 0.3 is 6.03 Å². The van der Waals surface area contributed by atoms with Crippen molar-refractivity contribution >= 4 is 27.4 Å². The number of hydrogen-bond donors (Lipinski definition) is 3. The quantitative estimate of drug-likeness (QED) is 0.781. The smallest absolute Gasteiger partial charge is 0.319 e. The number of pyridine rings is 1. The number of urea groups is 1. The second-order valence-electron chi connectivity index (χ2n) is 5.02. The molecule has 2 amide bonds. The molecule has 0 spiro atoms. The van der Waals surface area contributed by atoms with Crippen LogP contribution in [0.3, 0.4) is 0 Å². The summed E-state index contributed by atoms with van der Waals surface area (Å²) in [7, 11) is -3.40. The van der Waals surface area contributed by atoms with Crippen LogP contribution in [0, 0.1) is 0 Å². The molecule has 0 bridgehead atoms. The van der Waals surface area contributed by atoms with Crippen LogP contribution >= 0.6 is 0 Å². The number of carbonyl (C=O) groups is 1. The molecular formula is C15H18N4O3S. The van der Waals surface area contributed by atoms with Gasteiger partial charge in [-0.3, -0.25) is 9.71 Å². The lowest BCUT2D eigenvalue weighted by Gasteiger charge is -2.18. The first-order valence-electron chi connectivity index (χ1n) is 6.89. The van der Waals surface area contributed by atoms with Gasteiger partial charge in [0.15, 0.2) is 0 Å². The van der Waals surface area contributed by atoms with Crippen molar-refractivity contribution < 1.29 is 13.2 Å². The number of benzene rings is 1. The lowest BCUT2D eigenvalue weighted by molar-refractivity contribution is 0.249. The van der Waals surface area contributed by atoms with Crippen LogP contribution in [0.25, 0.3) is 0 Å². The van der Waals surface area contributed by atoms with E-state index < -0.39 is 22.1 Å². The van der Waals surface area contributed by atoms with Crippen LogP contribution in [0.5, 0.6) is 0 Å². The topological polar surface area (TPSA) is 100 Å². The minimum Gasteiger partial charge on any atom is -0.331 e. The molecule has 0 aliphatic heterocycles. The van der Waals surface area contributed by atoms with Gasteiger partial charge in [-0.1, -0.05) is 18.2 Å². The van der Waals surface area contributed by atoms with Gasteiger partial charge in [-0.25, -0.2) is 13.2 Å². The Labute approximate surface area is 135 Å². The fourth-order valence-corrected chi connectivity index (χ4v) is 2.63. The summed E-state index contributed by atoms with van der Waals surface area (Å²) in [5, 5.41) is 5.42. The largest absolute Gasteiger partial charge is 0.331 e. The summed E-state index contributed by atoms with van der Waals surface area (Å²) in [5.41, 5.74) is 1.67. The molecule has 1 heterocycles. The molecule has 122 valence electrons. The van der Waals surface area contributed by atoms with Gasteiger partial charge in [0, 0.05) is 6.20 Å². The number of nitrogens with zero attached hydrogens (tertiary/aromatic N) is 1. The number of nitrogens with one attached hydrogen (secondary N) is 3. The summed E-state index contributed by atoms with van der Waals surface area (Å²) in [6, 6.07) is 9.54. The molecule has 0 unspecified atom stereocenters. The number of aromatic nitrogens is 1. The predicted octanol–water partition coefficient (Wildman–Crippen LogP) is 2.34. The molecule has 0 radical (unpaired) electrons. The van der Waals surface area contributed by atoms with E-state index in [1.54, 1.807) is 49.5 Å². The summed E-state index contributed by atoms with van der Waals surface area (Å²) < 4.78 is 25.3. The first-order valence-corrected chi connectivity index (χ1v) is 8.78. The Bertz CT molecular complexity index is 778. The Morgan fingerprint density at radius 1 is 1.17 bits per heavy atom. The van der Waals surface area contributed by atoms with Crippen LogP contribution < -0.4 is 15.4 Å². The van der Waals surface area contributed by atoms with E-state index in [-0.39, 0.29) is 0 Å². The number of amides is 2. The minimum atomic E-state index is -3.40. The second kappa shape index (κ2) is 7.10. The van der Waals surface area contributed by atoms with E-state index in [0.29, 0.717) is 16.9 Å². The van der Waals surface area contributed by atoms with Gasteiger partial charge in [-0.2, -0.15) is 0 Å². The van der Waals surface area contributed by atoms with Crippen LogP contribution in [0.2, 0.25) is 0 Å². The van der Waals surface area contributed by atoms with E-state index in [1.165, 1.54) is 6.20 Å². The van der Waals surface area contributed by atoms with Crippen molar-refractivity contribution in [2.75, 3.05) is 16.3 Å². The molecule has 23 heavy (non-hydrogen) atoms. The van der Waals surface area contributed by atoms with Crippen LogP contribution in [-0.4, -0.2) is 25.7 Å². The van der Waals surface area contributed by atoms with E-state index in [1.807, 2.05) is 0 Å². The van der Waals surface area contributed by atoms with Crippen LogP contribution in [0.1, 0.15) is 18.5 Å². The maximum atomic E-state index is 12.0. The standard InChI is InChI=1S/C15H18N4O3S/c1-11(17-15(20)18-12-6-5-9-16-10-12)13-7-3-4-8-14(13)19-23(2,21)22/h3-11,19H,1-2H3,(H2,17,18,20)/t11-/m0/s1. The Kier molecular flexibility index (Phi) is 5.17. The fraction of sp³-hybridized carbons (Fsp3) is 0.200. The van der Waals surface area contributed by atoms with Crippen LogP contribution in [-0.2, 0) is 10.0 Å². The van der Waals surface area contributed by atoms with Gasteiger partial charge < -0.3 is 10.6 Å². The summed E-state index contributed by atoms with van der Waals surface area (Å²) in [6.07, 6.45) is 4.22. The van der Waals surface area contributed by atoms with Gasteiger partial charge in [0.1, 0.15) is 0 Å². The molecule has 1 aromatic heterocycles. The molecular weight excluding hydrogens is 316 g/mol. The highest BCUT2D eigenvalue weighted by molar-refractivity contribution is 7.92. The Balaban J connectivity index is 2.08. The molecule has 1 aromatic carbocycles. The van der Waals surface area contributed by atoms with Gasteiger partial charge in [0.2, 0.25) is 10.0 Å². The van der Waals surface area contributed by atoms with Gasteiger partial charge in [-0.05, 0) is 30.7 Å². The Hall–Kier alpha value is -2.61. The van der Waals surface area contributed by atoms with E-state index >= 15 is 0 Å². The van der Waals surface area contributed by atoms with Crippen molar-refractivity contribution in [3.63, 3.8) is 0 Å². The Morgan fingerprint density at radius 2 is 1.91 bits per heavy atom. The minimum absolute atomic E-state index is 0.392. The normalized spacial score (nSPS) is 12.3. The average Bonchev–Trinajstić information content (AvgIpc) is 2.47. The van der Waals surface area contributed by atoms with E-state index in [0.717, 1.165) is 6.26 Å². The molecule has 0 fully saturated rings. The molecule has 8 heteroatoms. The zero-order valence-corrected chi connectivity index (χ0v) is 13.6. The van der Waals surface area contributed by atoms with E-state index in [2.05, 4.69) is 20.3 Å². The number of carbonyl (C=O) groups excluding carboxylic acids is 1. The van der Waals surface area contributed by atoms with Crippen LogP contribution in [0.4, 0.5) is 16.2 Å². The van der Waals surface area contributed by atoms with Gasteiger partial charge in [0.05, 0.1) is 29.9 Å². The third kappa shape index (κ3) is 5.26. The number of hydrogen-bond acceptors (Lipinski definition) is 4.